The minimum atomic E-state index is -5.43. The number of hydrogen-bond donors (Lipinski definition) is 2. The molecule has 186 valence electrons. The lowest BCUT2D eigenvalue weighted by molar-refractivity contribution is -0.143. The number of benzene rings is 3. The van der Waals surface area contributed by atoms with E-state index in [4.69, 9.17) is 9.88 Å². The third-order valence-electron chi connectivity index (χ3n) is 4.42. The molecule has 0 atom stereocenters. The highest BCUT2D eigenvalue weighted by Crippen LogP contribution is 2.43. The first-order valence-corrected chi connectivity index (χ1v) is 10.8. The lowest BCUT2D eigenvalue weighted by Crippen LogP contribution is -2.22. The number of primary sulfonamides is 1. The van der Waals surface area contributed by atoms with E-state index < -0.39 is 61.4 Å². The average Bonchev–Trinajstić information content (AvgIpc) is 2.73. The van der Waals surface area contributed by atoms with Crippen LogP contribution in [0.3, 0.4) is 0 Å². The van der Waals surface area contributed by atoms with Crippen LogP contribution in [0.1, 0.15) is 21.5 Å². The Labute approximate surface area is 193 Å². The maximum atomic E-state index is 13.8. The first-order chi connectivity index (χ1) is 16.1. The van der Waals surface area contributed by atoms with Gasteiger partial charge in [0.15, 0.2) is 0 Å². The van der Waals surface area contributed by atoms with E-state index in [1.165, 1.54) is 0 Å². The number of nitrogens with one attached hydrogen (secondary N) is 1. The van der Waals surface area contributed by atoms with Crippen LogP contribution in [0, 0.1) is 5.82 Å². The van der Waals surface area contributed by atoms with Gasteiger partial charge in [-0.2, -0.15) is 26.3 Å². The van der Waals surface area contributed by atoms with E-state index in [2.05, 4.69) is 0 Å². The molecule has 0 aliphatic heterocycles. The summed E-state index contributed by atoms with van der Waals surface area (Å²) in [6.07, 6.45) is -10.7. The standard InChI is InChI=1S/C21H13F7N2O4S/c22-12-4-6-14(7-5-12)34-17-9-11(20(23,24)25)8-16(21(26,27)28)18(17)19(31)30-13-2-1-3-15(10-13)35(29,32)33/h1-10H,(H,30,31)(H2,29,32,33). The molecule has 14 heteroatoms. The first-order valence-electron chi connectivity index (χ1n) is 9.26. The number of nitrogens with two attached hydrogens (primary N) is 1. The molecule has 0 unspecified atom stereocenters. The number of amides is 1. The SMILES string of the molecule is NS(=O)(=O)c1cccc(NC(=O)c2c(Oc3ccc(F)cc3)cc(C(F)(F)F)cc2C(F)(F)F)c1. The molecule has 0 saturated carbocycles. The molecule has 35 heavy (non-hydrogen) atoms. The minimum Gasteiger partial charge on any atom is -0.457 e. The molecule has 6 nitrogen and oxygen atoms in total. The van der Waals surface area contributed by atoms with Crippen molar-refractivity contribution in [3.63, 3.8) is 0 Å². The monoisotopic (exact) mass is 522 g/mol. The quantitative estimate of drug-likeness (QED) is 0.429. The number of hydrogen-bond acceptors (Lipinski definition) is 4. The van der Waals surface area contributed by atoms with E-state index in [-0.39, 0.29) is 23.6 Å². The third-order valence-corrected chi connectivity index (χ3v) is 5.33. The fourth-order valence-corrected chi connectivity index (χ4v) is 3.45. The normalized spacial score (nSPS) is 12.3. The Kier molecular flexibility index (Phi) is 6.81. The van der Waals surface area contributed by atoms with E-state index in [0.717, 1.165) is 48.5 Å². The summed E-state index contributed by atoms with van der Waals surface area (Å²) in [7, 11) is -4.24. The zero-order valence-corrected chi connectivity index (χ0v) is 17.9. The van der Waals surface area contributed by atoms with Crippen LogP contribution >= 0.6 is 0 Å². The second-order valence-corrected chi connectivity index (χ2v) is 8.54. The fourth-order valence-electron chi connectivity index (χ4n) is 2.89. The van der Waals surface area contributed by atoms with Gasteiger partial charge in [0.25, 0.3) is 5.91 Å². The molecule has 1 amide bonds. The largest absolute Gasteiger partial charge is 0.457 e. The van der Waals surface area contributed by atoms with Crippen molar-refractivity contribution in [3.8, 4) is 11.5 Å². The summed E-state index contributed by atoms with van der Waals surface area (Å²) in [6.45, 7) is 0. The van der Waals surface area contributed by atoms with Gasteiger partial charge in [0.1, 0.15) is 17.3 Å². The minimum absolute atomic E-state index is 0.189. The molecule has 0 aromatic heterocycles. The van der Waals surface area contributed by atoms with Gasteiger partial charge in [0, 0.05) is 5.69 Å². The van der Waals surface area contributed by atoms with Crippen LogP contribution in [0.4, 0.5) is 36.4 Å². The van der Waals surface area contributed by atoms with Crippen LogP contribution in [0.15, 0.2) is 65.6 Å². The van der Waals surface area contributed by atoms with E-state index in [1.807, 2.05) is 5.32 Å². The van der Waals surface area contributed by atoms with Crippen molar-refractivity contribution in [2.75, 3.05) is 5.32 Å². The summed E-state index contributed by atoms with van der Waals surface area (Å²) in [4.78, 5) is 12.4. The molecule has 3 N–H and O–H groups in total. The Morgan fingerprint density at radius 2 is 1.51 bits per heavy atom. The molecule has 0 heterocycles. The highest BCUT2D eigenvalue weighted by Gasteiger charge is 2.42. The fraction of sp³-hybridized carbons (Fsp3) is 0.0952. The number of anilines is 1. The van der Waals surface area contributed by atoms with Gasteiger partial charge in [-0.05, 0) is 54.6 Å². The second kappa shape index (κ2) is 9.19. The molecule has 0 radical (unpaired) electrons. The highest BCUT2D eigenvalue weighted by molar-refractivity contribution is 7.89. The van der Waals surface area contributed by atoms with Crippen molar-refractivity contribution in [2.24, 2.45) is 5.14 Å². The van der Waals surface area contributed by atoms with Crippen LogP contribution in [-0.2, 0) is 22.4 Å². The predicted octanol–water partition coefficient (Wildman–Crippen LogP) is 5.56. The Bertz CT molecular complexity index is 1370. The van der Waals surface area contributed by atoms with Crippen molar-refractivity contribution >= 4 is 21.6 Å². The Hall–Kier alpha value is -3.65. The molecular formula is C21H13F7N2O4S. The third kappa shape index (κ3) is 6.27. The van der Waals surface area contributed by atoms with E-state index >= 15 is 0 Å². The second-order valence-electron chi connectivity index (χ2n) is 6.98. The molecule has 0 spiro atoms. The molecule has 0 aliphatic rings. The first kappa shape index (κ1) is 26.0. The van der Waals surface area contributed by atoms with Crippen LogP contribution < -0.4 is 15.2 Å². The lowest BCUT2D eigenvalue weighted by Gasteiger charge is -2.20. The highest BCUT2D eigenvalue weighted by atomic mass is 32.2. The van der Waals surface area contributed by atoms with Crippen molar-refractivity contribution in [1.29, 1.82) is 0 Å². The van der Waals surface area contributed by atoms with Crippen LogP contribution in [0.2, 0.25) is 0 Å². The van der Waals surface area contributed by atoms with Gasteiger partial charge in [0.2, 0.25) is 10.0 Å². The van der Waals surface area contributed by atoms with E-state index in [1.54, 1.807) is 0 Å². The lowest BCUT2D eigenvalue weighted by atomic mass is 10.0. The van der Waals surface area contributed by atoms with Crippen molar-refractivity contribution < 1.29 is 48.7 Å². The smallest absolute Gasteiger partial charge is 0.417 e. The molecule has 0 fully saturated rings. The maximum absolute atomic E-state index is 13.8. The molecule has 0 bridgehead atoms. The number of carbonyl (C=O) groups excluding carboxylic acids is 1. The number of ether oxygens (including phenoxy) is 1. The Balaban J connectivity index is 2.18. The summed E-state index contributed by atoms with van der Waals surface area (Å²) in [5.74, 6) is -3.80. The summed E-state index contributed by atoms with van der Waals surface area (Å²) >= 11 is 0. The number of rotatable bonds is 5. The van der Waals surface area contributed by atoms with Crippen molar-refractivity contribution in [2.45, 2.75) is 17.2 Å². The van der Waals surface area contributed by atoms with Gasteiger partial charge in [0.05, 0.1) is 21.6 Å². The van der Waals surface area contributed by atoms with Gasteiger partial charge >= 0.3 is 12.4 Å². The van der Waals surface area contributed by atoms with Gasteiger partial charge in [-0.3, -0.25) is 4.79 Å². The predicted molar refractivity (Wildman–Crippen MR) is 109 cm³/mol. The summed E-state index contributed by atoms with van der Waals surface area (Å²) in [6, 6.07) is 7.60. The molecule has 0 saturated heterocycles. The molecule has 3 rings (SSSR count). The van der Waals surface area contributed by atoms with Crippen LogP contribution in [-0.4, -0.2) is 14.3 Å². The number of sulfonamides is 1. The van der Waals surface area contributed by atoms with Crippen molar-refractivity contribution in [3.05, 3.63) is 83.2 Å². The van der Waals surface area contributed by atoms with E-state index in [9.17, 15) is 43.9 Å². The zero-order chi connectivity index (χ0) is 26.2. The number of halogens is 7. The molecule has 3 aromatic rings. The molecular weight excluding hydrogens is 509 g/mol. The Morgan fingerprint density at radius 1 is 0.886 bits per heavy atom. The number of carbonyl (C=O) groups is 1. The van der Waals surface area contributed by atoms with Gasteiger partial charge < -0.3 is 10.1 Å². The van der Waals surface area contributed by atoms with Crippen molar-refractivity contribution in [1.82, 2.24) is 0 Å². The molecule has 0 aliphatic carbocycles. The van der Waals surface area contributed by atoms with E-state index in [0.29, 0.717) is 0 Å². The maximum Gasteiger partial charge on any atom is 0.417 e. The number of alkyl halides is 6. The summed E-state index contributed by atoms with van der Waals surface area (Å²) in [5, 5.41) is 6.98. The summed E-state index contributed by atoms with van der Waals surface area (Å²) < 4.78 is 123. The summed E-state index contributed by atoms with van der Waals surface area (Å²) in [5.41, 5.74) is -5.36. The van der Waals surface area contributed by atoms with Crippen LogP contribution in [0.5, 0.6) is 11.5 Å². The average molecular weight is 522 g/mol. The van der Waals surface area contributed by atoms with Crippen LogP contribution in [0.25, 0.3) is 0 Å². The van der Waals surface area contributed by atoms with Gasteiger partial charge in [-0.25, -0.2) is 17.9 Å². The zero-order valence-electron chi connectivity index (χ0n) is 17.0. The topological polar surface area (TPSA) is 98.5 Å². The Morgan fingerprint density at radius 3 is 2.06 bits per heavy atom. The van der Waals surface area contributed by atoms with Gasteiger partial charge in [-0.1, -0.05) is 6.07 Å². The molecule has 3 aromatic carbocycles. The van der Waals surface area contributed by atoms with Gasteiger partial charge in [-0.15, -0.1) is 0 Å².